The molecule has 98 valence electrons. The van der Waals surface area contributed by atoms with Gasteiger partial charge in [0.15, 0.2) is 6.21 Å². The van der Waals surface area contributed by atoms with Crippen LogP contribution in [0.15, 0.2) is 51.4 Å². The minimum absolute atomic E-state index is 0.551. The number of halogens is 2. The highest BCUT2D eigenvalue weighted by Crippen LogP contribution is 2.22. The van der Waals surface area contributed by atoms with Crippen LogP contribution in [0, 0.1) is 5.21 Å². The molecular formula is C14H11Br2NO2. The summed E-state index contributed by atoms with van der Waals surface area (Å²) in [7, 11) is 1.59. The summed E-state index contributed by atoms with van der Waals surface area (Å²) in [4.78, 5) is 0. The highest BCUT2D eigenvalue weighted by atomic mass is 79.9. The molecule has 0 spiro atoms. The van der Waals surface area contributed by atoms with Crippen LogP contribution in [0.4, 0.5) is 5.69 Å². The highest BCUT2D eigenvalue weighted by molar-refractivity contribution is 9.11. The molecule has 0 aliphatic heterocycles. The predicted octanol–water partition coefficient (Wildman–Crippen LogP) is 4.48. The molecule has 0 amide bonds. The van der Waals surface area contributed by atoms with Crippen molar-refractivity contribution in [3.8, 4) is 5.75 Å². The van der Waals surface area contributed by atoms with Crippen molar-refractivity contribution >= 4 is 43.8 Å². The number of methoxy groups -OCH3 is 1. The Balaban J connectivity index is 2.31. The molecule has 0 fully saturated rings. The quantitative estimate of drug-likeness (QED) is 0.338. The zero-order valence-corrected chi connectivity index (χ0v) is 13.3. The molecule has 2 aromatic carbocycles. The van der Waals surface area contributed by atoms with E-state index in [4.69, 9.17) is 4.74 Å². The van der Waals surface area contributed by atoms with Crippen molar-refractivity contribution < 1.29 is 9.48 Å². The zero-order valence-electron chi connectivity index (χ0n) is 10.1. The fourth-order valence-corrected chi connectivity index (χ4v) is 2.69. The van der Waals surface area contributed by atoms with E-state index in [0.717, 1.165) is 25.0 Å². The molecule has 2 aromatic rings. The van der Waals surface area contributed by atoms with E-state index in [1.165, 1.54) is 6.21 Å². The highest BCUT2D eigenvalue weighted by Gasteiger charge is 2.05. The van der Waals surface area contributed by atoms with Crippen LogP contribution >= 0.6 is 31.9 Å². The lowest BCUT2D eigenvalue weighted by atomic mass is 10.2. The number of ether oxygens (including phenoxy) is 1. The predicted molar refractivity (Wildman–Crippen MR) is 83.3 cm³/mol. The van der Waals surface area contributed by atoms with Gasteiger partial charge in [-0.2, -0.15) is 4.74 Å². The Morgan fingerprint density at radius 1 is 1.11 bits per heavy atom. The van der Waals surface area contributed by atoms with Gasteiger partial charge >= 0.3 is 0 Å². The second-order valence-electron chi connectivity index (χ2n) is 3.82. The summed E-state index contributed by atoms with van der Waals surface area (Å²) in [6, 6.07) is 12.6. The third-order valence-corrected chi connectivity index (χ3v) is 3.73. The number of hydrogen-bond acceptors (Lipinski definition) is 2. The van der Waals surface area contributed by atoms with E-state index in [0.29, 0.717) is 5.69 Å². The largest absolute Gasteiger partial charge is 0.618 e. The molecule has 0 N–H and O–H groups in total. The summed E-state index contributed by atoms with van der Waals surface area (Å²) < 4.78 is 7.70. The second kappa shape index (κ2) is 6.21. The van der Waals surface area contributed by atoms with Crippen molar-refractivity contribution in [3.63, 3.8) is 0 Å². The molecule has 0 heterocycles. The van der Waals surface area contributed by atoms with E-state index in [9.17, 15) is 5.21 Å². The van der Waals surface area contributed by atoms with E-state index < -0.39 is 0 Å². The molecule has 0 aliphatic carbocycles. The van der Waals surface area contributed by atoms with Gasteiger partial charge in [0.25, 0.3) is 0 Å². The van der Waals surface area contributed by atoms with Gasteiger partial charge in [-0.25, -0.2) is 0 Å². The summed E-state index contributed by atoms with van der Waals surface area (Å²) in [5, 5.41) is 12.0. The normalized spacial score (nSPS) is 11.4. The van der Waals surface area contributed by atoms with Crippen LogP contribution in [-0.2, 0) is 0 Å². The maximum absolute atomic E-state index is 12.0. The first-order chi connectivity index (χ1) is 9.10. The molecule has 0 saturated carbocycles. The van der Waals surface area contributed by atoms with Gasteiger partial charge in [0.05, 0.1) is 12.7 Å². The average molecular weight is 385 g/mol. The SMILES string of the molecule is COc1ccc([N+]([O-])=Cc2ccc(Br)cc2Br)cc1. The summed E-state index contributed by atoms with van der Waals surface area (Å²) in [6.07, 6.45) is 1.53. The fourth-order valence-electron chi connectivity index (χ4n) is 1.54. The molecule has 2 rings (SSSR count). The number of hydrogen-bond donors (Lipinski definition) is 0. The first-order valence-corrected chi connectivity index (χ1v) is 7.09. The van der Waals surface area contributed by atoms with E-state index in [-0.39, 0.29) is 0 Å². The number of rotatable bonds is 3. The molecule has 0 saturated heterocycles. The number of benzene rings is 2. The minimum atomic E-state index is 0.551. The van der Waals surface area contributed by atoms with Crippen molar-refractivity contribution in [1.29, 1.82) is 0 Å². The molecule has 19 heavy (non-hydrogen) atoms. The Bertz CT molecular complexity index is 609. The van der Waals surface area contributed by atoms with Gasteiger partial charge in [-0.15, -0.1) is 0 Å². The van der Waals surface area contributed by atoms with E-state index >= 15 is 0 Å². The Hall–Kier alpha value is -1.33. The molecule has 0 bridgehead atoms. The van der Waals surface area contributed by atoms with Crippen molar-refractivity contribution in [2.24, 2.45) is 0 Å². The Morgan fingerprint density at radius 2 is 1.79 bits per heavy atom. The van der Waals surface area contributed by atoms with Crippen LogP contribution in [-0.4, -0.2) is 18.1 Å². The van der Waals surface area contributed by atoms with Crippen LogP contribution < -0.4 is 4.74 Å². The number of nitrogens with zero attached hydrogens (tertiary/aromatic N) is 1. The molecule has 0 radical (unpaired) electrons. The van der Waals surface area contributed by atoms with Gasteiger partial charge in [-0.3, -0.25) is 0 Å². The van der Waals surface area contributed by atoms with Gasteiger partial charge in [-0.05, 0) is 46.3 Å². The summed E-state index contributed by atoms with van der Waals surface area (Å²) >= 11 is 6.80. The van der Waals surface area contributed by atoms with Crippen LogP contribution in [0.2, 0.25) is 0 Å². The van der Waals surface area contributed by atoms with E-state index in [1.54, 1.807) is 31.4 Å². The monoisotopic (exact) mass is 383 g/mol. The lowest BCUT2D eigenvalue weighted by molar-refractivity contribution is -0.354. The Labute approximate surface area is 128 Å². The zero-order chi connectivity index (χ0) is 13.8. The summed E-state index contributed by atoms with van der Waals surface area (Å²) in [6.45, 7) is 0. The first kappa shape index (κ1) is 14.1. The molecule has 5 heteroatoms. The maximum Gasteiger partial charge on any atom is 0.216 e. The van der Waals surface area contributed by atoms with Crippen LogP contribution in [0.5, 0.6) is 5.75 Å². The van der Waals surface area contributed by atoms with Crippen molar-refractivity contribution in [2.75, 3.05) is 7.11 Å². The molecule has 0 aliphatic rings. The third-order valence-electron chi connectivity index (χ3n) is 2.55. The lowest BCUT2D eigenvalue weighted by Gasteiger charge is -2.05. The lowest BCUT2D eigenvalue weighted by Crippen LogP contribution is -1.99. The van der Waals surface area contributed by atoms with Crippen LogP contribution in [0.25, 0.3) is 0 Å². The molecular weight excluding hydrogens is 374 g/mol. The van der Waals surface area contributed by atoms with Gasteiger partial charge in [-0.1, -0.05) is 15.9 Å². The smallest absolute Gasteiger partial charge is 0.216 e. The van der Waals surface area contributed by atoms with E-state index in [2.05, 4.69) is 31.9 Å². The average Bonchev–Trinajstić information content (AvgIpc) is 2.42. The van der Waals surface area contributed by atoms with Gasteiger partial charge < -0.3 is 9.94 Å². The van der Waals surface area contributed by atoms with Crippen molar-refractivity contribution in [2.45, 2.75) is 0 Å². The fraction of sp³-hybridized carbons (Fsp3) is 0.0714. The summed E-state index contributed by atoms with van der Waals surface area (Å²) in [5.74, 6) is 0.724. The molecule has 0 aromatic heterocycles. The van der Waals surface area contributed by atoms with Gasteiger partial charge in [0.1, 0.15) is 5.75 Å². The first-order valence-electron chi connectivity index (χ1n) is 5.50. The standard InChI is InChI=1S/C14H11Br2NO2/c1-19-13-6-4-12(5-7-13)17(18)9-10-2-3-11(15)8-14(10)16/h2-9H,1H3. The van der Waals surface area contributed by atoms with Crippen molar-refractivity contribution in [1.82, 2.24) is 0 Å². The third kappa shape index (κ3) is 3.58. The van der Waals surface area contributed by atoms with Crippen LogP contribution in [0.1, 0.15) is 5.56 Å². The Kier molecular flexibility index (Phi) is 4.61. The van der Waals surface area contributed by atoms with Crippen LogP contribution in [0.3, 0.4) is 0 Å². The second-order valence-corrected chi connectivity index (χ2v) is 5.59. The van der Waals surface area contributed by atoms with Gasteiger partial charge in [0, 0.05) is 21.1 Å². The topological polar surface area (TPSA) is 35.3 Å². The molecule has 0 atom stereocenters. The van der Waals surface area contributed by atoms with E-state index in [1.807, 2.05) is 18.2 Å². The Morgan fingerprint density at radius 3 is 2.37 bits per heavy atom. The van der Waals surface area contributed by atoms with Crippen molar-refractivity contribution in [3.05, 3.63) is 62.2 Å². The molecule has 0 unspecified atom stereocenters. The maximum atomic E-state index is 12.0. The summed E-state index contributed by atoms with van der Waals surface area (Å²) in [5.41, 5.74) is 1.37. The minimum Gasteiger partial charge on any atom is -0.618 e. The van der Waals surface area contributed by atoms with Gasteiger partial charge in [0.2, 0.25) is 5.69 Å². The molecule has 3 nitrogen and oxygen atoms in total.